The molecule has 2 rings (SSSR count). The zero-order chi connectivity index (χ0) is 10.8. The molecule has 15 heavy (non-hydrogen) atoms. The Hall–Kier alpha value is -1.01. The molecule has 0 bridgehead atoms. The first-order chi connectivity index (χ1) is 7.22. The van der Waals surface area contributed by atoms with Crippen LogP contribution in [0.2, 0.25) is 0 Å². The van der Waals surface area contributed by atoms with E-state index in [1.54, 1.807) is 10.7 Å². The number of rotatable bonds is 3. The molecule has 0 radical (unpaired) electrons. The van der Waals surface area contributed by atoms with Gasteiger partial charge in [-0.3, -0.25) is 4.79 Å². The monoisotopic (exact) mass is 285 g/mol. The summed E-state index contributed by atoms with van der Waals surface area (Å²) < 4.78 is 2.54. The standard InChI is InChI=1S/C9H8BrN3OS/c1-2-13-7(4-11-12-13)9(14)6-3-8(10)15-5-6/h3-5H,2H2,1H3. The number of hydrogen-bond acceptors (Lipinski definition) is 4. The highest BCUT2D eigenvalue weighted by atomic mass is 79.9. The van der Waals surface area contributed by atoms with Crippen LogP contribution in [0.1, 0.15) is 23.0 Å². The molecule has 0 saturated heterocycles. The molecule has 0 aliphatic carbocycles. The Morgan fingerprint density at radius 2 is 2.47 bits per heavy atom. The number of carbonyl (C=O) groups is 1. The van der Waals surface area contributed by atoms with Crippen molar-refractivity contribution in [2.75, 3.05) is 0 Å². The van der Waals surface area contributed by atoms with Crippen molar-refractivity contribution in [2.45, 2.75) is 13.5 Å². The average molecular weight is 286 g/mol. The van der Waals surface area contributed by atoms with Gasteiger partial charge in [-0.2, -0.15) is 0 Å². The summed E-state index contributed by atoms with van der Waals surface area (Å²) in [4.78, 5) is 12.0. The highest BCUT2D eigenvalue weighted by molar-refractivity contribution is 9.11. The van der Waals surface area contributed by atoms with Crippen LogP contribution in [0.25, 0.3) is 0 Å². The molecular weight excluding hydrogens is 278 g/mol. The van der Waals surface area contributed by atoms with Gasteiger partial charge in [-0.1, -0.05) is 5.21 Å². The second kappa shape index (κ2) is 4.24. The van der Waals surface area contributed by atoms with Crippen LogP contribution in [-0.2, 0) is 6.54 Å². The van der Waals surface area contributed by atoms with Gasteiger partial charge in [-0.15, -0.1) is 16.4 Å². The second-order valence-electron chi connectivity index (χ2n) is 2.90. The number of ketones is 1. The van der Waals surface area contributed by atoms with Gasteiger partial charge in [0.2, 0.25) is 5.78 Å². The molecule has 2 aromatic heterocycles. The number of hydrogen-bond donors (Lipinski definition) is 0. The largest absolute Gasteiger partial charge is 0.287 e. The fourth-order valence-corrected chi connectivity index (χ4v) is 2.38. The van der Waals surface area contributed by atoms with Crippen LogP contribution in [0.5, 0.6) is 0 Å². The molecule has 0 unspecified atom stereocenters. The van der Waals surface area contributed by atoms with Crippen LogP contribution in [-0.4, -0.2) is 20.8 Å². The van der Waals surface area contributed by atoms with Crippen LogP contribution >= 0.6 is 27.3 Å². The summed E-state index contributed by atoms with van der Waals surface area (Å²) in [5, 5.41) is 9.37. The highest BCUT2D eigenvalue weighted by Crippen LogP contribution is 2.22. The van der Waals surface area contributed by atoms with Crippen molar-refractivity contribution in [1.82, 2.24) is 15.0 Å². The van der Waals surface area contributed by atoms with E-state index in [-0.39, 0.29) is 5.78 Å². The van der Waals surface area contributed by atoms with E-state index in [0.29, 0.717) is 17.8 Å². The molecule has 0 fully saturated rings. The van der Waals surface area contributed by atoms with Crippen molar-refractivity contribution >= 4 is 33.0 Å². The third-order valence-electron chi connectivity index (χ3n) is 1.98. The highest BCUT2D eigenvalue weighted by Gasteiger charge is 2.15. The van der Waals surface area contributed by atoms with Crippen molar-refractivity contribution < 1.29 is 4.79 Å². The van der Waals surface area contributed by atoms with E-state index in [4.69, 9.17) is 0 Å². The number of nitrogens with zero attached hydrogens (tertiary/aromatic N) is 3. The van der Waals surface area contributed by atoms with Gasteiger partial charge >= 0.3 is 0 Å². The molecule has 0 spiro atoms. The number of thiophene rings is 1. The Morgan fingerprint density at radius 1 is 1.67 bits per heavy atom. The summed E-state index contributed by atoms with van der Waals surface area (Å²) in [6, 6.07) is 1.81. The number of aryl methyl sites for hydroxylation is 1. The van der Waals surface area contributed by atoms with Crippen molar-refractivity contribution in [1.29, 1.82) is 0 Å². The zero-order valence-electron chi connectivity index (χ0n) is 7.98. The molecule has 0 aliphatic rings. The van der Waals surface area contributed by atoms with E-state index in [9.17, 15) is 4.79 Å². The fraction of sp³-hybridized carbons (Fsp3) is 0.222. The van der Waals surface area contributed by atoms with Crippen molar-refractivity contribution in [2.24, 2.45) is 0 Å². The van der Waals surface area contributed by atoms with Gasteiger partial charge in [-0.05, 0) is 28.9 Å². The fourth-order valence-electron chi connectivity index (χ4n) is 1.24. The lowest BCUT2D eigenvalue weighted by molar-refractivity contribution is 0.102. The third-order valence-corrected chi connectivity index (χ3v) is 3.48. The maximum absolute atomic E-state index is 12.0. The SMILES string of the molecule is CCn1nncc1C(=O)c1csc(Br)c1. The molecule has 0 aromatic carbocycles. The maximum Gasteiger partial charge on any atom is 0.213 e. The normalized spacial score (nSPS) is 10.5. The van der Waals surface area contributed by atoms with Gasteiger partial charge in [0.15, 0.2) is 0 Å². The third kappa shape index (κ3) is 2.00. The molecule has 0 saturated carbocycles. The quantitative estimate of drug-likeness (QED) is 0.814. The van der Waals surface area contributed by atoms with E-state index in [2.05, 4.69) is 26.2 Å². The van der Waals surface area contributed by atoms with E-state index in [0.717, 1.165) is 3.79 Å². The topological polar surface area (TPSA) is 47.8 Å². The summed E-state index contributed by atoms with van der Waals surface area (Å²) >= 11 is 4.82. The maximum atomic E-state index is 12.0. The Balaban J connectivity index is 2.36. The van der Waals surface area contributed by atoms with Crippen LogP contribution < -0.4 is 0 Å². The Labute approximate surface area is 99.0 Å². The minimum Gasteiger partial charge on any atom is -0.287 e. The molecule has 4 nitrogen and oxygen atoms in total. The lowest BCUT2D eigenvalue weighted by Crippen LogP contribution is -2.09. The average Bonchev–Trinajstić information content (AvgIpc) is 2.84. The van der Waals surface area contributed by atoms with E-state index in [1.807, 2.05) is 12.3 Å². The first kappa shape index (κ1) is 10.5. The second-order valence-corrected chi connectivity index (χ2v) is 5.19. The minimum absolute atomic E-state index is 0.0381. The van der Waals surface area contributed by atoms with Gasteiger partial charge in [-0.25, -0.2) is 4.68 Å². The molecular formula is C9H8BrN3OS. The zero-order valence-corrected chi connectivity index (χ0v) is 10.4. The number of aromatic nitrogens is 3. The molecule has 0 aliphatic heterocycles. The molecule has 0 atom stereocenters. The lowest BCUT2D eigenvalue weighted by atomic mass is 10.2. The predicted octanol–water partition coefficient (Wildman–Crippen LogP) is 2.35. The van der Waals surface area contributed by atoms with Crippen LogP contribution in [0.4, 0.5) is 0 Å². The molecule has 0 N–H and O–H groups in total. The number of halogens is 1. The Morgan fingerprint density at radius 3 is 3.07 bits per heavy atom. The summed E-state index contributed by atoms with van der Waals surface area (Å²) in [7, 11) is 0. The smallest absolute Gasteiger partial charge is 0.213 e. The van der Waals surface area contributed by atoms with Gasteiger partial charge < -0.3 is 0 Å². The van der Waals surface area contributed by atoms with Gasteiger partial charge in [0.05, 0.1) is 9.98 Å². The molecule has 0 amide bonds. The predicted molar refractivity (Wildman–Crippen MR) is 61.1 cm³/mol. The molecule has 2 heterocycles. The summed E-state index contributed by atoms with van der Waals surface area (Å²) in [5.41, 5.74) is 1.20. The van der Waals surface area contributed by atoms with Crippen molar-refractivity contribution in [3.05, 3.63) is 32.7 Å². The van der Waals surface area contributed by atoms with E-state index >= 15 is 0 Å². The van der Waals surface area contributed by atoms with Crippen molar-refractivity contribution in [3.8, 4) is 0 Å². The number of carbonyl (C=O) groups excluding carboxylic acids is 1. The summed E-state index contributed by atoms with van der Waals surface area (Å²) in [6.45, 7) is 2.57. The van der Waals surface area contributed by atoms with Crippen LogP contribution in [0.3, 0.4) is 0 Å². The lowest BCUT2D eigenvalue weighted by Gasteiger charge is -1.99. The van der Waals surface area contributed by atoms with Gasteiger partial charge in [0, 0.05) is 17.5 Å². The van der Waals surface area contributed by atoms with Crippen LogP contribution in [0, 0.1) is 0 Å². The summed E-state index contributed by atoms with van der Waals surface area (Å²) in [6.07, 6.45) is 1.50. The molecule has 2 aromatic rings. The first-order valence-corrected chi connectivity index (χ1v) is 6.07. The molecule has 6 heteroatoms. The van der Waals surface area contributed by atoms with E-state index in [1.165, 1.54) is 17.5 Å². The first-order valence-electron chi connectivity index (χ1n) is 4.39. The van der Waals surface area contributed by atoms with Gasteiger partial charge in [0.1, 0.15) is 5.69 Å². The Bertz CT molecular complexity index is 491. The van der Waals surface area contributed by atoms with E-state index < -0.39 is 0 Å². The summed E-state index contributed by atoms with van der Waals surface area (Å²) in [5.74, 6) is -0.0381. The van der Waals surface area contributed by atoms with Crippen molar-refractivity contribution in [3.63, 3.8) is 0 Å². The van der Waals surface area contributed by atoms with Crippen LogP contribution in [0.15, 0.2) is 21.4 Å². The Kier molecular flexibility index (Phi) is 2.97. The minimum atomic E-state index is -0.0381. The molecule has 78 valence electrons. The van der Waals surface area contributed by atoms with Gasteiger partial charge in [0.25, 0.3) is 0 Å².